The molecule has 2 heterocycles. The smallest absolute Gasteiger partial charge is 0.273 e. The summed E-state index contributed by atoms with van der Waals surface area (Å²) < 4.78 is 13.8. The Morgan fingerprint density at radius 3 is 2.55 bits per heavy atom. The summed E-state index contributed by atoms with van der Waals surface area (Å²) in [4.78, 5) is 37.5. The van der Waals surface area contributed by atoms with Gasteiger partial charge in [-0.1, -0.05) is 18.2 Å². The van der Waals surface area contributed by atoms with Crippen molar-refractivity contribution < 1.29 is 18.8 Å². The Kier molecular flexibility index (Phi) is 3.56. The molecular weight excluding hydrogens is 307 g/mol. The summed E-state index contributed by atoms with van der Waals surface area (Å²) in [5.74, 6) is -2.38. The second kappa shape index (κ2) is 5.53. The van der Waals surface area contributed by atoms with Crippen molar-refractivity contribution in [1.29, 1.82) is 0 Å². The van der Waals surface area contributed by atoms with E-state index in [1.807, 2.05) is 5.32 Å². The largest absolute Gasteiger partial charge is 0.336 e. The summed E-state index contributed by atoms with van der Waals surface area (Å²) in [6.45, 7) is 0. The van der Waals surface area contributed by atoms with Gasteiger partial charge in [-0.2, -0.15) is 0 Å². The number of anilines is 1. The summed E-state index contributed by atoms with van der Waals surface area (Å²) in [7, 11) is 0. The van der Waals surface area contributed by atoms with Crippen molar-refractivity contribution in [3.63, 3.8) is 0 Å². The highest BCUT2D eigenvalue weighted by atomic mass is 32.1. The summed E-state index contributed by atoms with van der Waals surface area (Å²) in [5.41, 5.74) is -0.417. The standard InChI is InChI=1S/C15H9FN2O3S/c16-11-5-1-2-6-12(11)18-14(20)10(13(19)17-15(18)21)8-9-4-3-7-22-9/h1-8H,(H,17,19,21)/b10-8+. The van der Waals surface area contributed by atoms with Crippen LogP contribution in [0.5, 0.6) is 0 Å². The zero-order valence-electron chi connectivity index (χ0n) is 11.1. The van der Waals surface area contributed by atoms with Gasteiger partial charge in [0.1, 0.15) is 11.4 Å². The summed E-state index contributed by atoms with van der Waals surface area (Å²) in [6, 6.07) is 7.89. The van der Waals surface area contributed by atoms with Crippen LogP contribution in [0.4, 0.5) is 14.9 Å². The van der Waals surface area contributed by atoms with E-state index in [9.17, 15) is 18.8 Å². The molecule has 0 spiro atoms. The van der Waals surface area contributed by atoms with Gasteiger partial charge in [0.25, 0.3) is 11.8 Å². The highest BCUT2D eigenvalue weighted by Crippen LogP contribution is 2.24. The van der Waals surface area contributed by atoms with E-state index in [1.165, 1.54) is 35.6 Å². The van der Waals surface area contributed by atoms with E-state index in [0.717, 1.165) is 6.07 Å². The van der Waals surface area contributed by atoms with Gasteiger partial charge in [-0.3, -0.25) is 14.9 Å². The van der Waals surface area contributed by atoms with Gasteiger partial charge < -0.3 is 0 Å². The fourth-order valence-electron chi connectivity index (χ4n) is 2.02. The molecule has 110 valence electrons. The molecule has 0 unspecified atom stereocenters. The molecule has 1 fully saturated rings. The molecule has 2 aromatic rings. The number of thiophene rings is 1. The van der Waals surface area contributed by atoms with Crippen LogP contribution in [0, 0.1) is 5.82 Å². The first kappa shape index (κ1) is 14.2. The minimum Gasteiger partial charge on any atom is -0.273 e. The molecule has 1 saturated heterocycles. The number of nitrogens with zero attached hydrogens (tertiary/aromatic N) is 1. The van der Waals surface area contributed by atoms with E-state index in [2.05, 4.69) is 0 Å². The normalized spacial score (nSPS) is 17.0. The number of amides is 4. The maximum absolute atomic E-state index is 13.8. The van der Waals surface area contributed by atoms with E-state index >= 15 is 0 Å². The van der Waals surface area contributed by atoms with Crippen LogP contribution in [0.25, 0.3) is 6.08 Å². The number of barbiturate groups is 1. The molecule has 1 aromatic carbocycles. The Balaban J connectivity index is 2.05. The first-order valence-electron chi connectivity index (χ1n) is 6.27. The van der Waals surface area contributed by atoms with Crippen LogP contribution in [0.2, 0.25) is 0 Å². The summed E-state index contributed by atoms with van der Waals surface area (Å²) in [5, 5.41) is 3.83. The molecule has 1 aliphatic heterocycles. The van der Waals surface area contributed by atoms with Crippen LogP contribution in [0.3, 0.4) is 0 Å². The van der Waals surface area contributed by atoms with E-state index in [0.29, 0.717) is 9.78 Å². The molecule has 7 heteroatoms. The Bertz CT molecular complexity index is 799. The summed E-state index contributed by atoms with van der Waals surface area (Å²) in [6.07, 6.45) is 1.38. The lowest BCUT2D eigenvalue weighted by atomic mass is 10.1. The van der Waals surface area contributed by atoms with Crippen molar-refractivity contribution in [3.05, 3.63) is 58.0 Å². The van der Waals surface area contributed by atoms with Gasteiger partial charge in [0, 0.05) is 4.88 Å². The zero-order valence-corrected chi connectivity index (χ0v) is 11.9. The molecule has 1 aromatic heterocycles. The molecule has 0 saturated carbocycles. The van der Waals surface area contributed by atoms with E-state index in [-0.39, 0.29) is 11.3 Å². The van der Waals surface area contributed by atoms with Gasteiger partial charge in [-0.05, 0) is 29.7 Å². The van der Waals surface area contributed by atoms with Crippen LogP contribution >= 0.6 is 11.3 Å². The van der Waals surface area contributed by atoms with Crippen molar-refractivity contribution in [3.8, 4) is 0 Å². The molecule has 22 heavy (non-hydrogen) atoms. The number of carbonyl (C=O) groups excluding carboxylic acids is 3. The third-order valence-corrected chi connectivity index (χ3v) is 3.84. The van der Waals surface area contributed by atoms with Crippen LogP contribution in [-0.4, -0.2) is 17.8 Å². The highest BCUT2D eigenvalue weighted by Gasteiger charge is 2.37. The number of halogens is 1. The Labute approximate surface area is 128 Å². The van der Waals surface area contributed by atoms with Crippen molar-refractivity contribution in [1.82, 2.24) is 5.32 Å². The first-order valence-corrected chi connectivity index (χ1v) is 7.15. The molecule has 1 aliphatic rings. The second-order valence-corrected chi connectivity index (χ2v) is 5.40. The fraction of sp³-hybridized carbons (Fsp3) is 0. The van der Waals surface area contributed by atoms with Crippen LogP contribution in [0.1, 0.15) is 4.88 Å². The molecule has 0 radical (unpaired) electrons. The highest BCUT2D eigenvalue weighted by molar-refractivity contribution is 7.10. The Morgan fingerprint density at radius 2 is 1.86 bits per heavy atom. The van der Waals surface area contributed by atoms with Crippen LogP contribution in [-0.2, 0) is 9.59 Å². The van der Waals surface area contributed by atoms with Crippen molar-refractivity contribution in [2.45, 2.75) is 0 Å². The number of carbonyl (C=O) groups is 3. The van der Waals surface area contributed by atoms with E-state index in [1.54, 1.807) is 17.5 Å². The molecular formula is C15H9FN2O3S. The SMILES string of the molecule is O=C1NC(=O)N(c2ccccc2F)C(=O)/C1=C/c1cccs1. The van der Waals surface area contributed by atoms with Gasteiger partial charge in [0.2, 0.25) is 0 Å². The van der Waals surface area contributed by atoms with E-state index in [4.69, 9.17) is 0 Å². The second-order valence-electron chi connectivity index (χ2n) is 4.42. The van der Waals surface area contributed by atoms with Crippen molar-refractivity contribution in [2.75, 3.05) is 4.90 Å². The number of para-hydroxylation sites is 1. The quantitative estimate of drug-likeness (QED) is 0.684. The number of hydrogen-bond acceptors (Lipinski definition) is 4. The zero-order chi connectivity index (χ0) is 15.7. The van der Waals surface area contributed by atoms with Gasteiger partial charge in [0.05, 0.1) is 5.69 Å². The van der Waals surface area contributed by atoms with Gasteiger partial charge in [-0.25, -0.2) is 14.1 Å². The lowest BCUT2D eigenvalue weighted by Gasteiger charge is -2.26. The maximum Gasteiger partial charge on any atom is 0.336 e. The fourth-order valence-corrected chi connectivity index (χ4v) is 2.68. The Morgan fingerprint density at radius 1 is 1.09 bits per heavy atom. The van der Waals surface area contributed by atoms with Gasteiger partial charge >= 0.3 is 6.03 Å². The number of urea groups is 1. The average molecular weight is 316 g/mol. The molecule has 0 atom stereocenters. The number of nitrogens with one attached hydrogen (secondary N) is 1. The molecule has 1 N–H and O–H groups in total. The third kappa shape index (κ3) is 2.42. The lowest BCUT2D eigenvalue weighted by molar-refractivity contribution is -0.122. The minimum atomic E-state index is -0.969. The third-order valence-electron chi connectivity index (χ3n) is 3.02. The minimum absolute atomic E-state index is 0.199. The van der Waals surface area contributed by atoms with Crippen LogP contribution < -0.4 is 10.2 Å². The number of rotatable bonds is 2. The molecule has 3 rings (SSSR count). The predicted molar refractivity (Wildman–Crippen MR) is 79.7 cm³/mol. The maximum atomic E-state index is 13.8. The molecule has 0 aliphatic carbocycles. The number of benzene rings is 1. The number of imide groups is 2. The lowest BCUT2D eigenvalue weighted by Crippen LogP contribution is -2.54. The topological polar surface area (TPSA) is 66.5 Å². The van der Waals surface area contributed by atoms with Crippen molar-refractivity contribution in [2.24, 2.45) is 0 Å². The van der Waals surface area contributed by atoms with Gasteiger partial charge in [0.15, 0.2) is 0 Å². The van der Waals surface area contributed by atoms with E-state index < -0.39 is 23.7 Å². The van der Waals surface area contributed by atoms with Gasteiger partial charge in [-0.15, -0.1) is 11.3 Å². The molecule has 4 amide bonds. The summed E-state index contributed by atoms with van der Waals surface area (Å²) >= 11 is 1.34. The number of hydrogen-bond donors (Lipinski definition) is 1. The predicted octanol–water partition coefficient (Wildman–Crippen LogP) is 2.55. The van der Waals surface area contributed by atoms with Crippen molar-refractivity contribution >= 4 is 40.9 Å². The van der Waals surface area contributed by atoms with Crippen LogP contribution in [0.15, 0.2) is 47.4 Å². The average Bonchev–Trinajstić information content (AvgIpc) is 2.98. The first-order chi connectivity index (χ1) is 10.6. The molecule has 0 bridgehead atoms. The molecule has 5 nitrogen and oxygen atoms in total. The monoisotopic (exact) mass is 316 g/mol. The Hall–Kier alpha value is -2.80.